The number of hydrogen-bond donors (Lipinski definition) is 1. The van der Waals surface area contributed by atoms with Gasteiger partial charge in [0.1, 0.15) is 5.52 Å². The molecule has 1 atom stereocenters. The molecule has 3 rings (SSSR count). The Morgan fingerprint density at radius 1 is 1.19 bits per heavy atom. The molecule has 3 aromatic rings. The third-order valence-electron chi connectivity index (χ3n) is 3.75. The predicted molar refractivity (Wildman–Crippen MR) is 88.4 cm³/mol. The molecule has 4 heteroatoms. The van der Waals surface area contributed by atoms with Crippen molar-refractivity contribution in [3.05, 3.63) is 64.0 Å². The first-order valence-electron chi connectivity index (χ1n) is 6.95. The fourth-order valence-electron chi connectivity index (χ4n) is 2.55. The number of nitrogens with one attached hydrogen (secondary N) is 1. The van der Waals surface area contributed by atoms with Crippen molar-refractivity contribution in [3.8, 4) is 0 Å². The zero-order valence-electron chi connectivity index (χ0n) is 12.1. The van der Waals surface area contributed by atoms with Crippen LogP contribution in [0.4, 0.5) is 0 Å². The van der Waals surface area contributed by atoms with Crippen LogP contribution in [0.25, 0.3) is 11.1 Å². The number of hydrogen-bond acceptors (Lipinski definition) is 3. The number of benzene rings is 2. The summed E-state index contributed by atoms with van der Waals surface area (Å²) in [6.45, 7) is 2.12. The van der Waals surface area contributed by atoms with Crippen LogP contribution in [0.3, 0.4) is 0 Å². The molecule has 108 valence electrons. The lowest BCUT2D eigenvalue weighted by molar-refractivity contribution is 0.473. The number of nitrogens with zero attached hydrogens (tertiary/aromatic N) is 1. The van der Waals surface area contributed by atoms with E-state index in [1.807, 2.05) is 31.3 Å². The van der Waals surface area contributed by atoms with E-state index in [0.717, 1.165) is 27.9 Å². The van der Waals surface area contributed by atoms with Crippen LogP contribution < -0.4 is 5.32 Å². The highest BCUT2D eigenvalue weighted by Crippen LogP contribution is 2.27. The minimum atomic E-state index is 0.176. The van der Waals surface area contributed by atoms with Crippen LogP contribution in [0, 0.1) is 6.92 Å². The lowest BCUT2D eigenvalue weighted by atomic mass is 9.99. The number of halogens is 1. The molecular weight excluding hydrogens is 328 g/mol. The van der Waals surface area contributed by atoms with E-state index < -0.39 is 0 Å². The Bertz CT molecular complexity index is 733. The summed E-state index contributed by atoms with van der Waals surface area (Å²) in [5, 5.41) is 3.36. The summed E-state index contributed by atoms with van der Waals surface area (Å²) in [5.41, 5.74) is 4.25. The van der Waals surface area contributed by atoms with E-state index in [-0.39, 0.29) is 6.04 Å². The Labute approximate surface area is 132 Å². The maximum absolute atomic E-state index is 5.83. The van der Waals surface area contributed by atoms with Gasteiger partial charge in [-0.1, -0.05) is 40.2 Å². The fraction of sp³-hybridized carbons (Fsp3) is 0.235. The van der Waals surface area contributed by atoms with Crippen molar-refractivity contribution in [2.24, 2.45) is 0 Å². The molecule has 0 fully saturated rings. The van der Waals surface area contributed by atoms with Gasteiger partial charge in [-0.2, -0.15) is 0 Å². The summed E-state index contributed by atoms with van der Waals surface area (Å²) in [6, 6.07) is 14.3. The Morgan fingerprint density at radius 3 is 2.76 bits per heavy atom. The quantitative estimate of drug-likeness (QED) is 0.762. The summed E-state index contributed by atoms with van der Waals surface area (Å²) in [7, 11) is 1.97. The molecule has 2 aromatic carbocycles. The van der Waals surface area contributed by atoms with Crippen molar-refractivity contribution in [3.63, 3.8) is 0 Å². The normalized spacial score (nSPS) is 12.7. The predicted octanol–water partition coefficient (Wildman–Crippen LogP) is 4.40. The average molecular weight is 345 g/mol. The molecule has 1 N–H and O–H groups in total. The van der Waals surface area contributed by atoms with Crippen molar-refractivity contribution in [2.45, 2.75) is 19.4 Å². The molecule has 0 radical (unpaired) electrons. The maximum atomic E-state index is 5.83. The van der Waals surface area contributed by atoms with E-state index in [2.05, 4.69) is 51.4 Å². The van der Waals surface area contributed by atoms with Gasteiger partial charge in [-0.05, 0) is 43.3 Å². The lowest BCUT2D eigenvalue weighted by Gasteiger charge is -2.18. The number of para-hydroxylation sites is 2. The van der Waals surface area contributed by atoms with Gasteiger partial charge in [0.2, 0.25) is 0 Å². The highest BCUT2D eigenvalue weighted by atomic mass is 79.9. The van der Waals surface area contributed by atoms with Gasteiger partial charge < -0.3 is 9.73 Å². The molecule has 0 aliphatic heterocycles. The van der Waals surface area contributed by atoms with Gasteiger partial charge in [-0.3, -0.25) is 0 Å². The Hall–Kier alpha value is -1.65. The van der Waals surface area contributed by atoms with Gasteiger partial charge >= 0.3 is 0 Å². The van der Waals surface area contributed by atoms with Crippen molar-refractivity contribution in [2.75, 3.05) is 7.05 Å². The van der Waals surface area contributed by atoms with Crippen LogP contribution in [-0.4, -0.2) is 12.0 Å². The van der Waals surface area contributed by atoms with Crippen molar-refractivity contribution >= 4 is 27.0 Å². The minimum absolute atomic E-state index is 0.176. The average Bonchev–Trinajstić information content (AvgIpc) is 2.90. The molecular formula is C17H17BrN2O. The van der Waals surface area contributed by atoms with Gasteiger partial charge in [0.25, 0.3) is 0 Å². The number of fused-ring (bicyclic) bond motifs is 1. The van der Waals surface area contributed by atoms with Crippen LogP contribution in [0.1, 0.15) is 23.1 Å². The van der Waals surface area contributed by atoms with Crippen molar-refractivity contribution in [1.29, 1.82) is 0 Å². The zero-order valence-corrected chi connectivity index (χ0v) is 13.6. The molecule has 0 aliphatic rings. The molecule has 0 bridgehead atoms. The van der Waals surface area contributed by atoms with Crippen LogP contribution in [0.15, 0.2) is 51.4 Å². The largest absolute Gasteiger partial charge is 0.441 e. The SMILES string of the molecule is CNC(Cc1nc2ccccc2o1)c1cccc(Br)c1C. The first kappa shape index (κ1) is 14.3. The Morgan fingerprint density at radius 2 is 2.00 bits per heavy atom. The van der Waals surface area contributed by atoms with Crippen LogP contribution >= 0.6 is 15.9 Å². The third-order valence-corrected chi connectivity index (χ3v) is 4.61. The third kappa shape index (κ3) is 2.87. The van der Waals surface area contributed by atoms with Crippen LogP contribution in [0.5, 0.6) is 0 Å². The Balaban J connectivity index is 1.92. The van der Waals surface area contributed by atoms with Crippen LogP contribution in [-0.2, 0) is 6.42 Å². The molecule has 1 heterocycles. The smallest absolute Gasteiger partial charge is 0.197 e. The van der Waals surface area contributed by atoms with Gasteiger partial charge in [0.05, 0.1) is 0 Å². The fourth-order valence-corrected chi connectivity index (χ4v) is 2.93. The first-order valence-corrected chi connectivity index (χ1v) is 7.75. The summed E-state index contributed by atoms with van der Waals surface area (Å²) in [6.07, 6.45) is 0.725. The molecule has 3 nitrogen and oxygen atoms in total. The molecule has 0 saturated heterocycles. The molecule has 21 heavy (non-hydrogen) atoms. The summed E-state index contributed by atoms with van der Waals surface area (Å²) in [5.74, 6) is 0.759. The number of aromatic nitrogens is 1. The van der Waals surface area contributed by atoms with E-state index in [1.165, 1.54) is 11.1 Å². The standard InChI is InChI=1S/C17H17BrN2O/c1-11-12(6-5-7-13(11)18)15(19-2)10-17-20-14-8-3-4-9-16(14)21-17/h3-9,15,19H,10H2,1-2H3. The first-order chi connectivity index (χ1) is 10.2. The van der Waals surface area contributed by atoms with E-state index in [9.17, 15) is 0 Å². The molecule has 1 unspecified atom stereocenters. The van der Waals surface area contributed by atoms with Crippen LogP contribution in [0.2, 0.25) is 0 Å². The van der Waals surface area contributed by atoms with Gasteiger partial charge in [0.15, 0.2) is 11.5 Å². The van der Waals surface area contributed by atoms with E-state index in [4.69, 9.17) is 4.42 Å². The van der Waals surface area contributed by atoms with Crippen molar-refractivity contribution in [1.82, 2.24) is 10.3 Å². The molecule has 1 aromatic heterocycles. The second kappa shape index (κ2) is 6.00. The highest BCUT2D eigenvalue weighted by molar-refractivity contribution is 9.10. The number of likely N-dealkylation sites (N-methyl/N-ethyl adjacent to an activating group) is 1. The number of oxazole rings is 1. The zero-order chi connectivity index (χ0) is 14.8. The van der Waals surface area contributed by atoms with Crippen molar-refractivity contribution < 1.29 is 4.42 Å². The van der Waals surface area contributed by atoms with E-state index in [0.29, 0.717) is 0 Å². The number of rotatable bonds is 4. The monoisotopic (exact) mass is 344 g/mol. The topological polar surface area (TPSA) is 38.1 Å². The second-order valence-electron chi connectivity index (χ2n) is 5.07. The summed E-state index contributed by atoms with van der Waals surface area (Å²) in [4.78, 5) is 4.56. The minimum Gasteiger partial charge on any atom is -0.441 e. The van der Waals surface area contributed by atoms with E-state index in [1.54, 1.807) is 0 Å². The summed E-state index contributed by atoms with van der Waals surface area (Å²) >= 11 is 3.59. The van der Waals surface area contributed by atoms with E-state index >= 15 is 0 Å². The molecule has 0 aliphatic carbocycles. The molecule has 0 saturated carbocycles. The molecule has 0 spiro atoms. The van der Waals surface area contributed by atoms with Gasteiger partial charge in [-0.15, -0.1) is 0 Å². The molecule has 0 amide bonds. The second-order valence-corrected chi connectivity index (χ2v) is 5.93. The summed E-state index contributed by atoms with van der Waals surface area (Å²) < 4.78 is 6.95. The van der Waals surface area contributed by atoms with Gasteiger partial charge in [-0.25, -0.2) is 4.98 Å². The lowest BCUT2D eigenvalue weighted by Crippen LogP contribution is -2.20. The highest BCUT2D eigenvalue weighted by Gasteiger charge is 2.17. The maximum Gasteiger partial charge on any atom is 0.197 e. The Kier molecular flexibility index (Phi) is 4.08. The van der Waals surface area contributed by atoms with Gasteiger partial charge in [0, 0.05) is 16.9 Å².